The van der Waals surface area contributed by atoms with Crippen molar-refractivity contribution >= 4 is 24.5 Å². The van der Waals surface area contributed by atoms with Crippen LogP contribution < -0.4 is 0 Å². The summed E-state index contributed by atoms with van der Waals surface area (Å²) in [7, 11) is -4.72. The minimum Gasteiger partial charge on any atom is -0.414 e. The molecular weight excluding hydrogens is 292 g/mol. The highest BCUT2D eigenvalue weighted by Gasteiger charge is 2.56. The second kappa shape index (κ2) is 5.55. The number of hydrogen-bond donors (Lipinski definition) is 0. The van der Waals surface area contributed by atoms with Gasteiger partial charge >= 0.3 is 0 Å². The van der Waals surface area contributed by atoms with Gasteiger partial charge in [-0.05, 0) is 25.2 Å². The molecule has 4 heteroatoms. The molecule has 114 valence electrons. The average molecular weight is 325 g/mol. The molecule has 0 saturated heterocycles. The van der Waals surface area contributed by atoms with E-state index in [0.717, 1.165) is 0 Å². The SMILES string of the molecule is C[Si](C)(C)OC(c1ccccc1)([Si](C)(C)C)[Si](C)(C)C. The number of benzene rings is 1. The van der Waals surface area contributed by atoms with Crippen LogP contribution >= 0.6 is 0 Å². The van der Waals surface area contributed by atoms with Gasteiger partial charge in [-0.1, -0.05) is 69.6 Å². The third-order valence-electron chi connectivity index (χ3n) is 3.75. The fourth-order valence-corrected chi connectivity index (χ4v) is 19.9. The molecule has 1 aromatic carbocycles. The zero-order valence-electron chi connectivity index (χ0n) is 14.8. The molecule has 1 aromatic rings. The maximum absolute atomic E-state index is 7.00. The predicted molar refractivity (Wildman–Crippen MR) is 99.2 cm³/mol. The van der Waals surface area contributed by atoms with Gasteiger partial charge in [0.15, 0.2) is 8.32 Å². The van der Waals surface area contributed by atoms with Crippen LogP contribution in [0.3, 0.4) is 0 Å². The Bertz CT molecular complexity index is 422. The maximum Gasteiger partial charge on any atom is 0.184 e. The van der Waals surface area contributed by atoms with E-state index in [1.54, 1.807) is 0 Å². The molecule has 0 saturated carbocycles. The Kier molecular flexibility index (Phi) is 4.97. The molecule has 0 atom stereocenters. The maximum atomic E-state index is 7.00. The van der Waals surface area contributed by atoms with Crippen LogP contribution in [-0.4, -0.2) is 24.5 Å². The first-order valence-corrected chi connectivity index (χ1v) is 18.0. The molecule has 0 amide bonds. The van der Waals surface area contributed by atoms with E-state index >= 15 is 0 Å². The molecule has 0 unspecified atom stereocenters. The van der Waals surface area contributed by atoms with Gasteiger partial charge in [0.25, 0.3) is 0 Å². The normalized spacial score (nSPS) is 14.4. The summed E-state index contributed by atoms with van der Waals surface area (Å²) in [6.07, 6.45) is 0. The highest BCUT2D eigenvalue weighted by Crippen LogP contribution is 2.45. The summed E-state index contributed by atoms with van der Waals surface area (Å²) < 4.78 is 7.00. The smallest absolute Gasteiger partial charge is 0.184 e. The van der Waals surface area contributed by atoms with Crippen molar-refractivity contribution in [2.75, 3.05) is 0 Å². The Hall–Kier alpha value is -0.169. The van der Waals surface area contributed by atoms with Crippen molar-refractivity contribution in [3.05, 3.63) is 35.9 Å². The lowest BCUT2D eigenvalue weighted by molar-refractivity contribution is 0.211. The van der Waals surface area contributed by atoms with Gasteiger partial charge < -0.3 is 4.43 Å². The molecule has 0 fully saturated rings. The molecule has 0 aliphatic rings. The molecule has 0 radical (unpaired) electrons. The van der Waals surface area contributed by atoms with Gasteiger partial charge in [0.05, 0.1) is 21.0 Å². The number of hydrogen-bond acceptors (Lipinski definition) is 1. The lowest BCUT2D eigenvalue weighted by atomic mass is 10.2. The standard InChI is InChI=1S/C16H32OSi3/c1-18(2,3)16(19(4,5)6,17-20(7,8)9)15-13-11-10-12-14-15/h10-14H,1-9H3. The molecule has 1 rings (SSSR count). The molecule has 0 aliphatic heterocycles. The summed E-state index contributed by atoms with van der Waals surface area (Å²) >= 11 is 0. The highest BCUT2D eigenvalue weighted by atomic mass is 28.4. The van der Waals surface area contributed by atoms with Crippen LogP contribution in [0.1, 0.15) is 5.56 Å². The predicted octanol–water partition coefficient (Wildman–Crippen LogP) is 5.49. The molecule has 0 heterocycles. The van der Waals surface area contributed by atoms with E-state index in [0.29, 0.717) is 0 Å². The quantitative estimate of drug-likeness (QED) is 0.651. The van der Waals surface area contributed by atoms with Crippen LogP contribution in [0.25, 0.3) is 0 Å². The van der Waals surface area contributed by atoms with Crippen molar-refractivity contribution in [2.45, 2.75) is 63.8 Å². The Morgan fingerprint density at radius 2 is 1.10 bits per heavy atom. The van der Waals surface area contributed by atoms with E-state index in [1.807, 2.05) is 0 Å². The average Bonchev–Trinajstić information content (AvgIpc) is 2.22. The van der Waals surface area contributed by atoms with Gasteiger partial charge in [0.2, 0.25) is 0 Å². The van der Waals surface area contributed by atoms with Crippen molar-refractivity contribution in [2.24, 2.45) is 0 Å². The topological polar surface area (TPSA) is 9.23 Å². The molecule has 0 spiro atoms. The molecule has 0 bridgehead atoms. The summed E-state index contributed by atoms with van der Waals surface area (Å²) in [5.74, 6) is 0. The molecule has 20 heavy (non-hydrogen) atoms. The van der Waals surface area contributed by atoms with Crippen molar-refractivity contribution in [3.63, 3.8) is 0 Å². The molecule has 1 nitrogen and oxygen atoms in total. The largest absolute Gasteiger partial charge is 0.414 e. The Morgan fingerprint density at radius 3 is 1.40 bits per heavy atom. The lowest BCUT2D eigenvalue weighted by Gasteiger charge is -2.55. The second-order valence-electron chi connectivity index (χ2n) is 8.76. The van der Waals surface area contributed by atoms with E-state index in [9.17, 15) is 0 Å². The summed E-state index contributed by atoms with van der Waals surface area (Å²) in [6.45, 7) is 21.8. The fraction of sp³-hybridized carbons (Fsp3) is 0.625. The first kappa shape index (κ1) is 17.9. The Balaban J connectivity index is 3.61. The minimum atomic E-state index is -1.63. The van der Waals surface area contributed by atoms with Crippen LogP contribution in [-0.2, 0) is 9.27 Å². The number of rotatable bonds is 5. The Labute approximate surface area is 128 Å². The van der Waals surface area contributed by atoms with Crippen LogP contribution in [0.15, 0.2) is 30.3 Å². The van der Waals surface area contributed by atoms with E-state index < -0.39 is 24.5 Å². The summed E-state index contributed by atoms with van der Waals surface area (Å²) in [5.41, 5.74) is 1.42. The van der Waals surface area contributed by atoms with Gasteiger partial charge in [-0.2, -0.15) is 0 Å². The van der Waals surface area contributed by atoms with E-state index in [-0.39, 0.29) is 4.85 Å². The summed E-state index contributed by atoms with van der Waals surface area (Å²) in [4.78, 5) is -0.00820. The minimum absolute atomic E-state index is 0.00820. The van der Waals surface area contributed by atoms with Crippen LogP contribution in [0.5, 0.6) is 0 Å². The Morgan fingerprint density at radius 1 is 0.700 bits per heavy atom. The third kappa shape index (κ3) is 3.53. The molecule has 0 N–H and O–H groups in total. The lowest BCUT2D eigenvalue weighted by Crippen LogP contribution is -2.67. The highest BCUT2D eigenvalue weighted by molar-refractivity contribution is 6.98. The molecule has 0 aromatic heterocycles. The monoisotopic (exact) mass is 324 g/mol. The van der Waals surface area contributed by atoms with Gasteiger partial charge in [-0.25, -0.2) is 0 Å². The fourth-order valence-electron chi connectivity index (χ4n) is 3.49. The van der Waals surface area contributed by atoms with Gasteiger partial charge in [0, 0.05) is 0 Å². The van der Waals surface area contributed by atoms with Crippen LogP contribution in [0.4, 0.5) is 0 Å². The van der Waals surface area contributed by atoms with Gasteiger partial charge in [0.1, 0.15) is 0 Å². The van der Waals surface area contributed by atoms with Gasteiger partial charge in [-0.3, -0.25) is 0 Å². The first-order chi connectivity index (χ1) is 8.81. The third-order valence-corrected chi connectivity index (χ3v) is 14.6. The molecule has 0 aliphatic carbocycles. The van der Waals surface area contributed by atoms with Crippen LogP contribution in [0, 0.1) is 0 Å². The van der Waals surface area contributed by atoms with E-state index in [4.69, 9.17) is 4.43 Å². The zero-order chi connectivity index (χ0) is 15.8. The van der Waals surface area contributed by atoms with Crippen molar-refractivity contribution in [1.29, 1.82) is 0 Å². The molecular formula is C16H32OSi3. The zero-order valence-corrected chi connectivity index (χ0v) is 17.8. The van der Waals surface area contributed by atoms with Crippen molar-refractivity contribution < 1.29 is 4.43 Å². The second-order valence-corrected chi connectivity index (χ2v) is 24.1. The van der Waals surface area contributed by atoms with E-state index in [1.165, 1.54) is 5.56 Å². The van der Waals surface area contributed by atoms with Crippen LogP contribution in [0.2, 0.25) is 58.9 Å². The summed E-state index contributed by atoms with van der Waals surface area (Å²) in [6, 6.07) is 11.0. The summed E-state index contributed by atoms with van der Waals surface area (Å²) in [5, 5.41) is 0. The van der Waals surface area contributed by atoms with Crippen molar-refractivity contribution in [1.82, 2.24) is 0 Å². The van der Waals surface area contributed by atoms with Crippen molar-refractivity contribution in [3.8, 4) is 0 Å². The van der Waals surface area contributed by atoms with Gasteiger partial charge in [-0.15, -0.1) is 0 Å². The first-order valence-electron chi connectivity index (χ1n) is 7.57. The van der Waals surface area contributed by atoms with E-state index in [2.05, 4.69) is 89.3 Å².